The molecule has 0 aliphatic carbocycles. The fraction of sp³-hybridized carbons (Fsp3) is 0.304. The Labute approximate surface area is 223 Å². The molecule has 0 unspecified atom stereocenters. The molecule has 0 fully saturated rings. The molecule has 3 aromatic rings. The summed E-state index contributed by atoms with van der Waals surface area (Å²) in [5.74, 6) is -0.774. The summed E-state index contributed by atoms with van der Waals surface area (Å²) < 4.78 is 74.1. The minimum atomic E-state index is -4.36. The molecule has 202 valence electrons. The molecule has 0 saturated carbocycles. The summed E-state index contributed by atoms with van der Waals surface area (Å²) in [5.41, 5.74) is 3.32. The molecule has 0 saturated heterocycles. The zero-order chi connectivity index (χ0) is 27.2. The number of nitrogens with zero attached hydrogens (tertiary/aromatic N) is 4. The molecular weight excluding hydrogens is 557 g/mol. The van der Waals surface area contributed by atoms with Crippen LogP contribution in [0.15, 0.2) is 53.7 Å². The number of anilines is 2. The molecule has 0 spiro atoms. The Morgan fingerprint density at radius 2 is 2.00 bits per heavy atom. The van der Waals surface area contributed by atoms with Crippen LogP contribution in [0.4, 0.5) is 15.2 Å². The van der Waals surface area contributed by atoms with Gasteiger partial charge in [0, 0.05) is 25.2 Å². The first kappa shape index (κ1) is 26.3. The number of fused-ring (bicyclic) bond motifs is 1. The zero-order valence-electron chi connectivity index (χ0n) is 20.4. The average Bonchev–Trinajstić information content (AvgIpc) is 3.47. The lowest BCUT2D eigenvalue weighted by atomic mass is 9.91. The summed E-state index contributed by atoms with van der Waals surface area (Å²) in [5, 5.41) is 11.0. The molecule has 0 amide bonds. The van der Waals surface area contributed by atoms with Gasteiger partial charge in [0.1, 0.15) is 28.0 Å². The molecule has 1 N–H and O–H groups in total. The monoisotopic (exact) mass is 581 g/mol. The number of rotatable bonds is 7. The van der Waals surface area contributed by atoms with Gasteiger partial charge in [0.05, 0.1) is 18.0 Å². The second-order valence-electron chi connectivity index (χ2n) is 8.89. The standard InChI is InChI=1S/C23H24FN5O6S3/c1-15(17-5-3-4-6-18(17)16-7-9-27(10-8-16)37(2,31)32)28-14-35-21-12-22(19(24)11-20(21)28)38(33,34)26-23-25-13-29(30)36-23/h3-7,11-13,15H,8-10,14H2,1-2H3,(H,25,26)/t15-/m1/s1. The number of hydrogen-bond donors (Lipinski definition) is 1. The van der Waals surface area contributed by atoms with Crippen molar-refractivity contribution in [2.45, 2.75) is 24.3 Å². The second-order valence-corrected chi connectivity index (χ2v) is 13.5. The number of hydrogen-bond acceptors (Lipinski definition) is 9. The Morgan fingerprint density at radius 1 is 1.24 bits per heavy atom. The van der Waals surface area contributed by atoms with E-state index < -0.39 is 30.8 Å². The first-order chi connectivity index (χ1) is 17.9. The Kier molecular flexibility index (Phi) is 6.79. The molecule has 2 aliphatic heterocycles. The first-order valence-electron chi connectivity index (χ1n) is 11.5. The third-order valence-corrected chi connectivity index (χ3v) is 9.91. The molecule has 1 atom stereocenters. The van der Waals surface area contributed by atoms with E-state index in [4.69, 9.17) is 4.74 Å². The van der Waals surface area contributed by atoms with Crippen LogP contribution < -0.4 is 18.5 Å². The molecule has 5 rings (SSSR count). The van der Waals surface area contributed by atoms with Crippen LogP contribution in [0.1, 0.15) is 30.5 Å². The van der Waals surface area contributed by atoms with Gasteiger partial charge in [-0.1, -0.05) is 30.3 Å². The second kappa shape index (κ2) is 9.80. The van der Waals surface area contributed by atoms with E-state index in [0.717, 1.165) is 35.2 Å². The third kappa shape index (κ3) is 5.06. The van der Waals surface area contributed by atoms with Gasteiger partial charge in [0.2, 0.25) is 10.0 Å². The van der Waals surface area contributed by atoms with Gasteiger partial charge >= 0.3 is 11.5 Å². The van der Waals surface area contributed by atoms with Gasteiger partial charge in [-0.05, 0) is 35.0 Å². The Morgan fingerprint density at radius 3 is 2.66 bits per heavy atom. The van der Waals surface area contributed by atoms with Crippen LogP contribution in [0.2, 0.25) is 0 Å². The summed E-state index contributed by atoms with van der Waals surface area (Å²) in [6, 6.07) is 9.69. The van der Waals surface area contributed by atoms with E-state index in [1.165, 1.54) is 10.6 Å². The normalized spacial score (nSPS) is 17.0. The Bertz CT molecular complexity index is 1640. The van der Waals surface area contributed by atoms with Crippen molar-refractivity contribution >= 4 is 48.0 Å². The lowest BCUT2D eigenvalue weighted by Crippen LogP contribution is -2.34. The van der Waals surface area contributed by atoms with Crippen molar-refractivity contribution in [1.29, 1.82) is 0 Å². The topological polar surface area (TPSA) is 136 Å². The highest BCUT2D eigenvalue weighted by molar-refractivity contribution is 7.93. The number of aromatic nitrogens is 2. The summed E-state index contributed by atoms with van der Waals surface area (Å²) in [6.45, 7) is 2.69. The maximum atomic E-state index is 15.1. The van der Waals surface area contributed by atoms with E-state index in [-0.39, 0.29) is 23.7 Å². The highest BCUT2D eigenvalue weighted by Gasteiger charge is 2.33. The van der Waals surface area contributed by atoms with Gasteiger partial charge < -0.3 is 14.8 Å². The minimum absolute atomic E-state index is 0.0742. The number of nitrogens with one attached hydrogen (secondary N) is 1. The molecule has 2 aliphatic rings. The van der Waals surface area contributed by atoms with E-state index in [0.29, 0.717) is 40.9 Å². The predicted octanol–water partition coefficient (Wildman–Crippen LogP) is 2.68. The van der Waals surface area contributed by atoms with Crippen LogP contribution >= 0.6 is 11.5 Å². The maximum absolute atomic E-state index is 15.1. The fourth-order valence-corrected chi connectivity index (χ4v) is 7.14. The van der Waals surface area contributed by atoms with Crippen molar-refractivity contribution < 1.29 is 30.1 Å². The fourth-order valence-electron chi connectivity index (χ4n) is 4.56. The van der Waals surface area contributed by atoms with E-state index >= 15 is 4.39 Å². The van der Waals surface area contributed by atoms with Gasteiger partial charge in [-0.25, -0.2) is 25.9 Å². The molecule has 0 bridgehead atoms. The Hall–Kier alpha value is -3.27. The van der Waals surface area contributed by atoms with E-state index in [1.807, 2.05) is 42.2 Å². The van der Waals surface area contributed by atoms with E-state index in [1.54, 1.807) is 0 Å². The van der Waals surface area contributed by atoms with Gasteiger partial charge in [-0.3, -0.25) is 0 Å². The molecule has 0 radical (unpaired) electrons. The van der Waals surface area contributed by atoms with Crippen LogP contribution in [0.25, 0.3) is 5.57 Å². The maximum Gasteiger partial charge on any atom is 0.348 e. The molecular formula is C23H24FN5O6S3. The minimum Gasteiger partial charge on any atom is -0.700 e. The van der Waals surface area contributed by atoms with Gasteiger partial charge in [0.25, 0.3) is 10.0 Å². The lowest BCUT2D eigenvalue weighted by Gasteiger charge is -2.30. The number of halogens is 1. The zero-order valence-corrected chi connectivity index (χ0v) is 22.8. The quantitative estimate of drug-likeness (QED) is 0.332. The third-order valence-electron chi connectivity index (χ3n) is 6.50. The van der Waals surface area contributed by atoms with Crippen molar-refractivity contribution in [2.75, 3.05) is 35.7 Å². The van der Waals surface area contributed by atoms with Crippen molar-refractivity contribution in [3.05, 3.63) is 71.0 Å². The molecule has 38 heavy (non-hydrogen) atoms. The van der Waals surface area contributed by atoms with Crippen LogP contribution in [0, 0.1) is 11.0 Å². The van der Waals surface area contributed by atoms with Crippen molar-refractivity contribution in [3.63, 3.8) is 0 Å². The highest BCUT2D eigenvalue weighted by atomic mass is 32.2. The van der Waals surface area contributed by atoms with Gasteiger partial charge in [-0.15, -0.1) is 0 Å². The van der Waals surface area contributed by atoms with Crippen molar-refractivity contribution in [3.8, 4) is 5.75 Å². The molecule has 11 nitrogen and oxygen atoms in total. The predicted molar refractivity (Wildman–Crippen MR) is 140 cm³/mol. The van der Waals surface area contributed by atoms with E-state index in [2.05, 4.69) is 9.71 Å². The van der Waals surface area contributed by atoms with Gasteiger partial charge in [0.15, 0.2) is 6.73 Å². The molecule has 2 aromatic carbocycles. The van der Waals surface area contributed by atoms with E-state index in [9.17, 15) is 22.0 Å². The first-order valence-corrected chi connectivity index (χ1v) is 15.6. The average molecular weight is 582 g/mol. The molecule has 3 heterocycles. The van der Waals surface area contributed by atoms with Crippen molar-refractivity contribution in [2.24, 2.45) is 0 Å². The van der Waals surface area contributed by atoms with Crippen molar-refractivity contribution in [1.82, 2.24) is 9.29 Å². The summed E-state index contributed by atoms with van der Waals surface area (Å²) >= 11 is 0.518. The molecule has 15 heteroatoms. The SMILES string of the molecule is C[C@H](c1ccccc1C1=CCN(S(C)(=O)=O)CC1)N1COc2cc(S(=O)(=O)Nc3nc[n+]([O-])s3)c(F)cc21. The summed E-state index contributed by atoms with van der Waals surface area (Å²) in [6.07, 6.45) is 4.55. The Balaban J connectivity index is 1.42. The van der Waals surface area contributed by atoms with Crippen LogP contribution in [0.5, 0.6) is 5.75 Å². The van der Waals surface area contributed by atoms with Gasteiger partial charge in [-0.2, -0.15) is 8.43 Å². The van der Waals surface area contributed by atoms with Crippen LogP contribution in [-0.2, 0) is 20.0 Å². The number of sulfonamides is 2. The number of ether oxygens (including phenoxy) is 1. The molecule has 1 aromatic heterocycles. The smallest absolute Gasteiger partial charge is 0.348 e. The number of benzene rings is 2. The highest BCUT2D eigenvalue weighted by Crippen LogP contribution is 2.43. The van der Waals surface area contributed by atoms with Crippen LogP contribution in [-0.4, -0.2) is 52.2 Å². The van der Waals surface area contributed by atoms with Crippen LogP contribution in [0.3, 0.4) is 0 Å². The summed E-state index contributed by atoms with van der Waals surface area (Å²) in [4.78, 5) is 4.84. The largest absolute Gasteiger partial charge is 0.700 e. The summed E-state index contributed by atoms with van der Waals surface area (Å²) in [7, 11) is -7.64. The lowest BCUT2D eigenvalue weighted by molar-refractivity contribution is -0.532.